The highest BCUT2D eigenvalue weighted by Crippen LogP contribution is 2.53. The van der Waals surface area contributed by atoms with Gasteiger partial charge in [0.1, 0.15) is 0 Å². The Bertz CT molecular complexity index is 3440. The third-order valence-electron chi connectivity index (χ3n) is 12.1. The van der Waals surface area contributed by atoms with Crippen molar-refractivity contribution < 1.29 is 17.6 Å². The zero-order valence-corrected chi connectivity index (χ0v) is 29.5. The van der Waals surface area contributed by atoms with Gasteiger partial charge in [-0.25, -0.2) is 17.6 Å². The summed E-state index contributed by atoms with van der Waals surface area (Å²) in [6, 6.07) is 52.3. The molecule has 0 saturated carbocycles. The molecule has 56 heavy (non-hydrogen) atoms. The highest BCUT2D eigenvalue weighted by molar-refractivity contribution is 6.37. The van der Waals surface area contributed by atoms with Gasteiger partial charge in [-0.1, -0.05) is 133 Å². The first-order chi connectivity index (χ1) is 27.5. The van der Waals surface area contributed by atoms with Crippen molar-refractivity contribution >= 4 is 75.7 Å². The molecule has 5 heteroatoms. The molecule has 0 aliphatic heterocycles. The number of halogens is 4. The first kappa shape index (κ1) is 31.4. The van der Waals surface area contributed by atoms with E-state index < -0.39 is 23.3 Å². The Morgan fingerprint density at radius 2 is 0.732 bits per heavy atom. The van der Waals surface area contributed by atoms with E-state index in [0.717, 1.165) is 76.9 Å². The third kappa shape index (κ3) is 3.94. The Morgan fingerprint density at radius 1 is 0.321 bits per heavy atom. The van der Waals surface area contributed by atoms with Gasteiger partial charge in [0.25, 0.3) is 0 Å². The largest absolute Gasteiger partial charge is 0.309 e. The van der Waals surface area contributed by atoms with Crippen molar-refractivity contribution in [1.29, 1.82) is 0 Å². The number of hydrogen-bond acceptors (Lipinski definition) is 0. The molecule has 0 saturated heterocycles. The molecule has 1 aliphatic carbocycles. The smallest absolute Gasteiger partial charge is 0.198 e. The highest BCUT2D eigenvalue weighted by Gasteiger charge is 2.33. The Labute approximate surface area is 317 Å². The second-order valence-electron chi connectivity index (χ2n) is 14.8. The second kappa shape index (κ2) is 11.3. The summed E-state index contributed by atoms with van der Waals surface area (Å²) in [5, 5.41) is 6.85. The standard InChI is InChI=1S/C51H27F4N/c52-48-46-38-25-37(43-33-19-5-1-13-27(33)28-14-2-6-20-34(28)43)29-15-3-7-21-35(29)44(38)45-36-22-8-4-18-32(36)42(26-39(45)47(46)49(53)51(55)50(48)54)56-40-23-11-9-16-30(40)31-17-10-12-24-41(31)56/h1-26,43H. The molecule has 1 aliphatic rings. The molecule has 11 aromatic rings. The molecule has 1 nitrogen and oxygen atoms in total. The maximum Gasteiger partial charge on any atom is 0.198 e. The molecule has 0 unspecified atom stereocenters. The lowest BCUT2D eigenvalue weighted by Crippen LogP contribution is -2.04. The molecular formula is C51H27F4N. The van der Waals surface area contributed by atoms with Crippen molar-refractivity contribution in [3.63, 3.8) is 0 Å². The van der Waals surface area contributed by atoms with Gasteiger partial charge >= 0.3 is 0 Å². The normalized spacial score (nSPS) is 12.9. The Hall–Kier alpha value is -6.98. The lowest BCUT2D eigenvalue weighted by Gasteiger charge is -2.23. The summed E-state index contributed by atoms with van der Waals surface area (Å²) in [4.78, 5) is 0. The van der Waals surface area contributed by atoms with Crippen LogP contribution in [0.5, 0.6) is 0 Å². The molecule has 12 rings (SSSR count). The summed E-state index contributed by atoms with van der Waals surface area (Å²) in [7, 11) is 0. The predicted octanol–water partition coefficient (Wildman–Crippen LogP) is 14.3. The van der Waals surface area contributed by atoms with E-state index in [-0.39, 0.29) is 16.7 Å². The minimum absolute atomic E-state index is 0.241. The van der Waals surface area contributed by atoms with Crippen molar-refractivity contribution in [1.82, 2.24) is 4.57 Å². The van der Waals surface area contributed by atoms with E-state index in [2.05, 4.69) is 47.0 Å². The van der Waals surface area contributed by atoms with Crippen LogP contribution in [0.15, 0.2) is 158 Å². The van der Waals surface area contributed by atoms with Crippen LogP contribution in [0.4, 0.5) is 17.6 Å². The molecule has 0 spiro atoms. The van der Waals surface area contributed by atoms with Crippen LogP contribution in [0.3, 0.4) is 0 Å². The van der Waals surface area contributed by atoms with Crippen molar-refractivity contribution in [2.75, 3.05) is 0 Å². The second-order valence-corrected chi connectivity index (χ2v) is 14.8. The van der Waals surface area contributed by atoms with Crippen LogP contribution in [-0.2, 0) is 0 Å². The lowest BCUT2D eigenvalue weighted by molar-refractivity contribution is 0.418. The zero-order chi connectivity index (χ0) is 37.4. The molecule has 1 aromatic heterocycles. The molecule has 0 radical (unpaired) electrons. The lowest BCUT2D eigenvalue weighted by atomic mass is 9.81. The Balaban J connectivity index is 1.33. The summed E-state index contributed by atoms with van der Waals surface area (Å²) >= 11 is 0. The average molecular weight is 730 g/mol. The number of aromatic nitrogens is 1. The van der Waals surface area contributed by atoms with Gasteiger partial charge in [0.2, 0.25) is 0 Å². The molecule has 0 amide bonds. The predicted molar refractivity (Wildman–Crippen MR) is 221 cm³/mol. The van der Waals surface area contributed by atoms with E-state index in [9.17, 15) is 0 Å². The van der Waals surface area contributed by atoms with Crippen molar-refractivity contribution in [2.24, 2.45) is 0 Å². The zero-order valence-electron chi connectivity index (χ0n) is 29.5. The summed E-state index contributed by atoms with van der Waals surface area (Å²) in [5.41, 5.74) is 7.85. The van der Waals surface area contributed by atoms with Crippen LogP contribution in [0.25, 0.3) is 92.5 Å². The van der Waals surface area contributed by atoms with Crippen molar-refractivity contribution in [3.8, 4) is 16.8 Å². The van der Waals surface area contributed by atoms with Crippen LogP contribution < -0.4 is 0 Å². The molecule has 10 aromatic carbocycles. The first-order valence-corrected chi connectivity index (χ1v) is 18.7. The van der Waals surface area contributed by atoms with E-state index in [1.165, 1.54) is 0 Å². The Morgan fingerprint density at radius 3 is 1.29 bits per heavy atom. The van der Waals surface area contributed by atoms with Gasteiger partial charge in [-0.2, -0.15) is 0 Å². The number of para-hydroxylation sites is 2. The van der Waals surface area contributed by atoms with Crippen LogP contribution in [0.2, 0.25) is 0 Å². The number of rotatable bonds is 2. The molecular weight excluding hydrogens is 703 g/mol. The molecule has 0 atom stereocenters. The fourth-order valence-electron chi connectivity index (χ4n) is 9.93. The molecule has 0 bridgehead atoms. The maximum atomic E-state index is 16.8. The van der Waals surface area contributed by atoms with Crippen LogP contribution in [0, 0.1) is 23.3 Å². The van der Waals surface area contributed by atoms with E-state index in [4.69, 9.17) is 0 Å². The topological polar surface area (TPSA) is 4.93 Å². The van der Waals surface area contributed by atoms with Crippen LogP contribution in [0.1, 0.15) is 22.6 Å². The van der Waals surface area contributed by atoms with Gasteiger partial charge in [0.05, 0.1) is 16.7 Å². The van der Waals surface area contributed by atoms with Gasteiger partial charge in [0.15, 0.2) is 23.3 Å². The molecule has 0 fully saturated rings. The van der Waals surface area contributed by atoms with E-state index in [0.29, 0.717) is 21.5 Å². The number of hydrogen-bond donors (Lipinski definition) is 0. The van der Waals surface area contributed by atoms with Crippen LogP contribution >= 0.6 is 0 Å². The number of nitrogens with zero attached hydrogens (tertiary/aromatic N) is 1. The van der Waals surface area contributed by atoms with Gasteiger partial charge in [-0.15, -0.1) is 0 Å². The van der Waals surface area contributed by atoms with E-state index >= 15 is 17.6 Å². The number of fused-ring (bicyclic) bond motifs is 16. The fraction of sp³-hybridized carbons (Fsp3) is 0.0196. The quantitative estimate of drug-likeness (QED) is 0.0723. The molecule has 0 N–H and O–H groups in total. The van der Waals surface area contributed by atoms with Crippen molar-refractivity contribution in [3.05, 3.63) is 198 Å². The SMILES string of the molecule is Fc1c(F)c(F)c2c3cc(-n4c5ccccc5c5ccccc54)c4ccccc4c3c3c4ccccc4c(C4c5ccccc5-c5ccccc54)cc3c2c1F. The van der Waals surface area contributed by atoms with E-state index in [1.807, 2.05) is 115 Å². The third-order valence-corrected chi connectivity index (χ3v) is 12.1. The minimum atomic E-state index is -1.83. The molecule has 264 valence electrons. The maximum absolute atomic E-state index is 16.8. The Kier molecular flexibility index (Phi) is 6.32. The van der Waals surface area contributed by atoms with Gasteiger partial charge < -0.3 is 4.57 Å². The fourth-order valence-corrected chi connectivity index (χ4v) is 9.93. The van der Waals surface area contributed by atoms with Gasteiger partial charge in [-0.3, -0.25) is 0 Å². The monoisotopic (exact) mass is 729 g/mol. The highest BCUT2D eigenvalue weighted by atomic mass is 19.2. The van der Waals surface area contributed by atoms with Gasteiger partial charge in [0, 0.05) is 32.8 Å². The summed E-state index contributed by atoms with van der Waals surface area (Å²) in [5.74, 6) is -6.73. The summed E-state index contributed by atoms with van der Waals surface area (Å²) in [6.07, 6.45) is 0. The summed E-state index contributed by atoms with van der Waals surface area (Å²) in [6.45, 7) is 0. The first-order valence-electron chi connectivity index (χ1n) is 18.7. The van der Waals surface area contributed by atoms with Crippen LogP contribution in [-0.4, -0.2) is 4.57 Å². The van der Waals surface area contributed by atoms with Gasteiger partial charge in [-0.05, 0) is 89.8 Å². The van der Waals surface area contributed by atoms with E-state index in [1.54, 1.807) is 0 Å². The van der Waals surface area contributed by atoms with Crippen molar-refractivity contribution in [2.45, 2.75) is 5.92 Å². The minimum Gasteiger partial charge on any atom is -0.309 e. The average Bonchev–Trinajstić information content (AvgIpc) is 3.76. The number of benzene rings is 10. The molecule has 1 heterocycles. The summed E-state index contributed by atoms with van der Waals surface area (Å²) < 4.78 is 67.1.